The van der Waals surface area contributed by atoms with E-state index < -0.39 is 23.6 Å². The van der Waals surface area contributed by atoms with Gasteiger partial charge in [-0.1, -0.05) is 0 Å². The Bertz CT molecular complexity index is 537. The van der Waals surface area contributed by atoms with E-state index in [0.29, 0.717) is 0 Å². The van der Waals surface area contributed by atoms with E-state index in [1.165, 1.54) is 6.07 Å². The van der Waals surface area contributed by atoms with Crippen molar-refractivity contribution in [2.45, 2.75) is 13.3 Å². The van der Waals surface area contributed by atoms with Crippen molar-refractivity contribution in [2.24, 2.45) is 0 Å². The molecule has 0 amide bonds. The third kappa shape index (κ3) is 4.13. The van der Waals surface area contributed by atoms with Crippen LogP contribution in [0.4, 0.5) is 13.2 Å². The second kappa shape index (κ2) is 5.93. The van der Waals surface area contributed by atoms with Crippen molar-refractivity contribution in [3.8, 4) is 11.8 Å². The third-order valence-corrected chi connectivity index (χ3v) is 2.48. The minimum absolute atomic E-state index is 0.0419. The number of hydrogen-bond donors (Lipinski definition) is 0. The molecule has 0 spiro atoms. The normalized spacial score (nSPS) is 10.7. The van der Waals surface area contributed by atoms with Crippen molar-refractivity contribution in [1.82, 2.24) is 0 Å². The van der Waals surface area contributed by atoms with E-state index in [9.17, 15) is 18.0 Å². The molecule has 8 heteroatoms. The molecule has 102 valence electrons. The van der Waals surface area contributed by atoms with Crippen LogP contribution >= 0.6 is 15.9 Å². The molecule has 0 saturated carbocycles. The van der Waals surface area contributed by atoms with E-state index in [1.54, 1.807) is 6.92 Å². The largest absolute Gasteiger partial charge is 0.573 e. The zero-order chi connectivity index (χ0) is 14.6. The predicted octanol–water partition coefficient (Wildman–Crippen LogP) is 3.40. The van der Waals surface area contributed by atoms with E-state index in [4.69, 9.17) is 10.00 Å². The first kappa shape index (κ1) is 15.3. The highest BCUT2D eigenvalue weighted by Gasteiger charge is 2.33. The summed E-state index contributed by atoms with van der Waals surface area (Å²) in [4.78, 5) is 11.4. The molecule has 0 aliphatic heterocycles. The molecule has 0 heterocycles. The molecule has 0 radical (unpaired) electrons. The predicted molar refractivity (Wildman–Crippen MR) is 61.5 cm³/mol. The summed E-state index contributed by atoms with van der Waals surface area (Å²) in [6.45, 7) is 1.69. The van der Waals surface area contributed by atoms with E-state index in [-0.39, 0.29) is 16.6 Å². The summed E-state index contributed by atoms with van der Waals surface area (Å²) in [5, 5.41) is 8.81. The van der Waals surface area contributed by atoms with E-state index in [0.717, 1.165) is 12.1 Å². The summed E-state index contributed by atoms with van der Waals surface area (Å²) in [5.41, 5.74) is -0.463. The van der Waals surface area contributed by atoms with Crippen molar-refractivity contribution < 1.29 is 27.4 Å². The van der Waals surface area contributed by atoms with Crippen molar-refractivity contribution in [2.75, 3.05) is 6.61 Å². The van der Waals surface area contributed by atoms with Gasteiger partial charge >= 0.3 is 12.3 Å². The van der Waals surface area contributed by atoms with Crippen LogP contribution in [-0.2, 0) is 4.74 Å². The second-order valence-corrected chi connectivity index (χ2v) is 4.07. The first-order chi connectivity index (χ1) is 8.78. The molecule has 0 unspecified atom stereocenters. The van der Waals surface area contributed by atoms with E-state index in [1.807, 2.05) is 0 Å². The molecule has 1 aromatic carbocycles. The highest BCUT2D eigenvalue weighted by atomic mass is 79.9. The van der Waals surface area contributed by atoms with E-state index >= 15 is 0 Å². The lowest BCUT2D eigenvalue weighted by Crippen LogP contribution is -2.18. The molecule has 0 fully saturated rings. The maximum atomic E-state index is 12.2. The zero-order valence-electron chi connectivity index (χ0n) is 9.55. The fraction of sp³-hybridized carbons (Fsp3) is 0.273. The van der Waals surface area contributed by atoms with Crippen LogP contribution in [0.5, 0.6) is 5.75 Å². The first-order valence-electron chi connectivity index (χ1n) is 4.95. The van der Waals surface area contributed by atoms with Crippen LogP contribution in [0.25, 0.3) is 0 Å². The molecule has 0 aromatic heterocycles. The molecule has 0 bridgehead atoms. The van der Waals surface area contributed by atoms with Crippen LogP contribution in [0, 0.1) is 11.3 Å². The Balaban J connectivity index is 3.23. The summed E-state index contributed by atoms with van der Waals surface area (Å²) < 4.78 is 44.8. The Morgan fingerprint density at radius 1 is 1.47 bits per heavy atom. The van der Waals surface area contributed by atoms with Crippen molar-refractivity contribution in [3.05, 3.63) is 27.7 Å². The number of carbonyl (C=O) groups excluding carboxylic acids is 1. The van der Waals surface area contributed by atoms with Gasteiger partial charge < -0.3 is 9.47 Å². The van der Waals surface area contributed by atoms with Gasteiger partial charge in [-0.25, -0.2) is 4.79 Å². The summed E-state index contributed by atoms with van der Waals surface area (Å²) in [6, 6.07) is 3.61. The monoisotopic (exact) mass is 337 g/mol. The van der Waals surface area contributed by atoms with E-state index in [2.05, 4.69) is 20.7 Å². The van der Waals surface area contributed by atoms with Gasteiger partial charge in [-0.3, -0.25) is 0 Å². The standard InChI is InChI=1S/C11H7BrF3NO3/c1-2-18-10(17)6-3-7(5-16)9(8(12)4-6)19-11(13,14)15/h3-4H,2H2,1H3. The lowest BCUT2D eigenvalue weighted by molar-refractivity contribution is -0.275. The smallest absolute Gasteiger partial charge is 0.462 e. The molecule has 1 rings (SSSR count). The maximum absolute atomic E-state index is 12.2. The summed E-state index contributed by atoms with van der Waals surface area (Å²) in [6.07, 6.45) is -4.93. The third-order valence-electron chi connectivity index (χ3n) is 1.89. The number of alkyl halides is 3. The molecular weight excluding hydrogens is 331 g/mol. The van der Waals surface area contributed by atoms with Gasteiger partial charge in [-0.15, -0.1) is 13.2 Å². The fourth-order valence-corrected chi connectivity index (χ4v) is 1.77. The summed E-state index contributed by atoms with van der Waals surface area (Å²) in [5.74, 6) is -1.43. The number of nitriles is 1. The van der Waals surface area contributed by atoms with Gasteiger partial charge in [0, 0.05) is 0 Å². The lowest BCUT2D eigenvalue weighted by atomic mass is 10.1. The maximum Gasteiger partial charge on any atom is 0.573 e. The molecule has 0 aliphatic rings. The van der Waals surface area contributed by atoms with Crippen LogP contribution < -0.4 is 4.74 Å². The van der Waals surface area contributed by atoms with Crippen LogP contribution in [0.15, 0.2) is 16.6 Å². The van der Waals surface area contributed by atoms with Gasteiger partial charge in [0.1, 0.15) is 6.07 Å². The van der Waals surface area contributed by atoms with Crippen LogP contribution in [-0.4, -0.2) is 18.9 Å². The molecule has 4 nitrogen and oxygen atoms in total. The van der Waals surface area contributed by atoms with Gasteiger partial charge in [0.2, 0.25) is 0 Å². The molecule has 0 aliphatic carbocycles. The van der Waals surface area contributed by atoms with Gasteiger partial charge in [-0.2, -0.15) is 5.26 Å². The Kier molecular flexibility index (Phi) is 4.78. The van der Waals surface area contributed by atoms with Crippen molar-refractivity contribution in [3.63, 3.8) is 0 Å². The number of carbonyl (C=O) groups is 1. The number of rotatable bonds is 3. The number of halogens is 4. The molecule has 0 N–H and O–H groups in total. The minimum atomic E-state index is -4.93. The number of nitrogens with zero attached hydrogens (tertiary/aromatic N) is 1. The molecule has 0 saturated heterocycles. The van der Waals surface area contributed by atoms with Crippen LogP contribution in [0.1, 0.15) is 22.8 Å². The van der Waals surface area contributed by atoms with Gasteiger partial charge in [0.15, 0.2) is 5.75 Å². The summed E-state index contributed by atoms with van der Waals surface area (Å²) >= 11 is 2.83. The minimum Gasteiger partial charge on any atom is -0.462 e. The van der Waals surface area contributed by atoms with Gasteiger partial charge in [0.05, 0.1) is 22.2 Å². The summed E-state index contributed by atoms with van der Waals surface area (Å²) in [7, 11) is 0. The van der Waals surface area contributed by atoms with Gasteiger partial charge in [-0.05, 0) is 35.0 Å². The average Bonchev–Trinajstić information content (AvgIpc) is 2.30. The van der Waals surface area contributed by atoms with Crippen molar-refractivity contribution in [1.29, 1.82) is 5.26 Å². The van der Waals surface area contributed by atoms with Crippen LogP contribution in [0.3, 0.4) is 0 Å². The topological polar surface area (TPSA) is 59.3 Å². The zero-order valence-corrected chi connectivity index (χ0v) is 11.1. The Labute approximate surface area is 114 Å². The lowest BCUT2D eigenvalue weighted by Gasteiger charge is -2.13. The molecule has 19 heavy (non-hydrogen) atoms. The van der Waals surface area contributed by atoms with Gasteiger partial charge in [0.25, 0.3) is 0 Å². The SMILES string of the molecule is CCOC(=O)c1cc(Br)c(OC(F)(F)F)c(C#N)c1. The molecule has 1 aromatic rings. The Morgan fingerprint density at radius 2 is 2.11 bits per heavy atom. The first-order valence-corrected chi connectivity index (χ1v) is 5.74. The average molecular weight is 338 g/mol. The molecule has 0 atom stereocenters. The number of esters is 1. The molecular formula is C11H7BrF3NO3. The Hall–Kier alpha value is -1.75. The quantitative estimate of drug-likeness (QED) is 0.793. The Morgan fingerprint density at radius 3 is 2.58 bits per heavy atom. The van der Waals surface area contributed by atoms with Crippen molar-refractivity contribution >= 4 is 21.9 Å². The highest BCUT2D eigenvalue weighted by molar-refractivity contribution is 9.10. The van der Waals surface area contributed by atoms with Crippen LogP contribution in [0.2, 0.25) is 0 Å². The fourth-order valence-electron chi connectivity index (χ4n) is 1.23. The number of hydrogen-bond acceptors (Lipinski definition) is 4. The number of ether oxygens (including phenoxy) is 2. The number of benzene rings is 1. The highest BCUT2D eigenvalue weighted by Crippen LogP contribution is 2.34. The second-order valence-electron chi connectivity index (χ2n) is 3.21.